The lowest BCUT2D eigenvalue weighted by Gasteiger charge is -2.46. The van der Waals surface area contributed by atoms with Crippen molar-refractivity contribution in [2.75, 3.05) is 58.6 Å². The first kappa shape index (κ1) is 111. The van der Waals surface area contributed by atoms with Gasteiger partial charge in [0.05, 0.1) is 84.6 Å². The first-order valence-corrected chi connectivity index (χ1v) is 50.1. The molecule has 2 aliphatic carbocycles. The summed E-state index contributed by atoms with van der Waals surface area (Å²) < 4.78 is 66.9. The number of aliphatic hydroxyl groups is 5. The molecule has 2 aromatic rings. The highest BCUT2D eigenvalue weighted by Gasteiger charge is 2.53. The predicted octanol–water partition coefficient (Wildman–Crippen LogP) is 8.52. The number of nitrogens with one attached hydrogen (secondary N) is 5. The van der Waals surface area contributed by atoms with Gasteiger partial charge in [-0.25, -0.2) is 9.59 Å². The molecule has 36 nitrogen and oxygen atoms in total. The summed E-state index contributed by atoms with van der Waals surface area (Å²) >= 11 is 2.88. The third-order valence-electron chi connectivity index (χ3n) is 25.0. The number of carbonyl (C=O) groups is 12. The number of hydrogen-bond donors (Lipinski definition) is 11. The number of ketones is 4. The van der Waals surface area contributed by atoms with Crippen LogP contribution in [0.2, 0.25) is 0 Å². The number of alkyl carbamates (subject to hydrolysis) is 1. The van der Waals surface area contributed by atoms with Gasteiger partial charge in [0, 0.05) is 128 Å². The fourth-order valence-electron chi connectivity index (χ4n) is 16.9. The number of hydroxylamine groups is 1. The molecule has 7 amide bonds. The third-order valence-corrected chi connectivity index (χ3v) is 30.8. The largest absolute Gasteiger partial charge is 0.496 e. The number of Topliss-reactive ketones (excluding diaryl/α,β-unsaturated/α-hetero) is 4. The molecule has 2 aromatic carbocycles. The van der Waals surface area contributed by atoms with Crippen molar-refractivity contribution in [2.45, 2.75) is 306 Å². The highest BCUT2D eigenvalue weighted by molar-refractivity contribution is 14.1. The zero-order valence-corrected chi connectivity index (χ0v) is 83.9. The van der Waals surface area contributed by atoms with Crippen LogP contribution in [0, 0.1) is 64.8 Å². The summed E-state index contributed by atoms with van der Waals surface area (Å²) in [5.74, 6) is 7.44. The number of allylic oxidation sites excluding steroid dienone is 2. The lowest BCUT2D eigenvalue weighted by atomic mass is 9.72. The Balaban J connectivity index is 0.790. The van der Waals surface area contributed by atoms with Crippen LogP contribution in [0.1, 0.15) is 199 Å². The number of urea groups is 1. The molecule has 136 heavy (non-hydrogen) atoms. The number of fused-ring (bicyclic) bond motifs is 2. The van der Waals surface area contributed by atoms with Gasteiger partial charge in [0.2, 0.25) is 23.2 Å². The average Bonchev–Trinajstić information content (AvgIpc) is 0.779. The first-order chi connectivity index (χ1) is 64.6. The van der Waals surface area contributed by atoms with Gasteiger partial charge in [0.25, 0.3) is 11.8 Å². The molecular weight excluding hydrogens is 1940 g/mol. The van der Waals surface area contributed by atoms with Crippen LogP contribution >= 0.6 is 55.9 Å². The number of nitrogens with zero attached hydrogens (tertiary/aromatic N) is 1. The van der Waals surface area contributed by atoms with Crippen molar-refractivity contribution >= 4 is 132 Å². The van der Waals surface area contributed by atoms with Gasteiger partial charge < -0.3 is 109 Å². The number of carbonyl (C=O) groups excluding carboxylic acids is 12. The molecule has 0 saturated carbocycles. The molecule has 5 heterocycles. The summed E-state index contributed by atoms with van der Waals surface area (Å²) in [7, 11) is 6.76. The van der Waals surface area contributed by atoms with Gasteiger partial charge in [-0.1, -0.05) is 109 Å². The number of hydrogen-bond acceptors (Lipinski definition) is 33. The van der Waals surface area contributed by atoms with E-state index in [9.17, 15) is 83.1 Å². The van der Waals surface area contributed by atoms with Gasteiger partial charge in [-0.2, -0.15) is 5.48 Å². The Morgan fingerprint density at radius 1 is 0.801 bits per heavy atom. The topological polar surface area (TPSA) is 506 Å². The molecule has 40 heteroatoms. The monoisotopic (exact) mass is 2070 g/mol. The van der Waals surface area contributed by atoms with Gasteiger partial charge in [0.1, 0.15) is 66.3 Å². The molecule has 0 radical (unpaired) electrons. The Morgan fingerprint density at radius 3 is 2.18 bits per heavy atom. The number of esters is 1. The van der Waals surface area contributed by atoms with E-state index in [1.807, 2.05) is 57.2 Å². The van der Waals surface area contributed by atoms with Crippen molar-refractivity contribution < 1.29 is 140 Å². The van der Waals surface area contributed by atoms with Crippen LogP contribution in [0.15, 0.2) is 71.4 Å². The molecule has 18 unspecified atom stereocenters. The number of halogens is 1. The number of primary amides is 1. The quantitative estimate of drug-likeness (QED) is 0.00562. The fraction of sp³-hybridized carbons (Fsp3) is 0.625. The third kappa shape index (κ3) is 31.1. The van der Waals surface area contributed by atoms with Crippen molar-refractivity contribution in [1.29, 1.82) is 0 Å². The van der Waals surface area contributed by atoms with E-state index >= 15 is 0 Å². The van der Waals surface area contributed by atoms with Crippen LogP contribution < -0.4 is 42.0 Å². The smallest absolute Gasteiger partial charge is 0.407 e. The normalized spacial score (nSPS) is 27.8. The Hall–Kier alpha value is -8.22. The van der Waals surface area contributed by atoms with E-state index in [-0.39, 0.29) is 177 Å². The zero-order chi connectivity index (χ0) is 99.6. The fourth-order valence-corrected chi connectivity index (χ4v) is 21.2. The molecule has 4 fully saturated rings. The number of ether oxygens (including phenoxy) is 11. The Labute approximate surface area is 818 Å². The summed E-state index contributed by atoms with van der Waals surface area (Å²) in [6.07, 6.45) is -8.01. The van der Waals surface area contributed by atoms with Gasteiger partial charge in [-0.15, -0.1) is 0 Å². The number of methoxy groups -OCH3 is 3. The molecular formula is C96H130IN7O29S3. The van der Waals surface area contributed by atoms with Crippen LogP contribution in [0.3, 0.4) is 0 Å². The Bertz CT molecular complexity index is 4830. The number of anilines is 1. The van der Waals surface area contributed by atoms with E-state index in [2.05, 4.69) is 50.4 Å². The van der Waals surface area contributed by atoms with Crippen LogP contribution in [0.25, 0.3) is 0 Å². The molecule has 22 atom stereocenters. The van der Waals surface area contributed by atoms with E-state index in [1.165, 1.54) is 67.0 Å². The lowest BCUT2D eigenvalue weighted by Crippen LogP contribution is -2.64. The number of benzene rings is 2. The van der Waals surface area contributed by atoms with Crippen molar-refractivity contribution in [2.24, 2.45) is 29.4 Å². The minimum Gasteiger partial charge on any atom is -0.496 e. The van der Waals surface area contributed by atoms with Crippen LogP contribution in [-0.2, 0) is 97.2 Å². The number of rotatable bonds is 48. The van der Waals surface area contributed by atoms with E-state index in [4.69, 9.17) is 62.7 Å². The van der Waals surface area contributed by atoms with Crippen LogP contribution in [0.5, 0.6) is 11.5 Å². The lowest BCUT2D eigenvalue weighted by molar-refractivity contribution is -0.335. The van der Waals surface area contributed by atoms with Gasteiger partial charge >= 0.3 is 18.1 Å². The predicted molar refractivity (Wildman–Crippen MR) is 512 cm³/mol. The number of unbranched alkanes of at least 4 members (excludes halogenated alkanes) is 2. The first-order valence-electron chi connectivity index (χ1n) is 45.9. The van der Waals surface area contributed by atoms with E-state index in [0.29, 0.717) is 70.9 Å². The van der Waals surface area contributed by atoms with Crippen molar-refractivity contribution in [3.8, 4) is 35.2 Å². The number of amides is 7. The van der Waals surface area contributed by atoms with E-state index in [1.54, 1.807) is 65.0 Å². The molecule has 12 N–H and O–H groups in total. The van der Waals surface area contributed by atoms with Crippen molar-refractivity contribution in [3.63, 3.8) is 0 Å². The maximum Gasteiger partial charge on any atom is 0.407 e. The number of nitrogens with two attached hydrogens (primary N) is 1. The number of thioether (sulfide) groups is 1. The summed E-state index contributed by atoms with van der Waals surface area (Å²) in [6, 6.07) is 3.74. The van der Waals surface area contributed by atoms with Crippen molar-refractivity contribution in [3.05, 3.63) is 97.2 Å². The maximum absolute atomic E-state index is 14.6. The minimum atomic E-state index is -2.19. The van der Waals surface area contributed by atoms with Crippen LogP contribution in [0.4, 0.5) is 15.3 Å². The minimum absolute atomic E-state index is 0.0112. The standard InChI is InChI=1S/C96H130IN7O29S3/c1-15-51(2)79(102-70(110)28-20-18-22-41-104-71(111)33-34-72(104)112)66(107)45-60(25-23-39-99-93(98)119)89(117)101-62-31-29-59(30-32-62)49-126-94(120)100-40-24-26-63(106)35-38-95(10,11)136-134-42-36-65-77-64(46-73(113)122-12)68(109)48-96(65,121)37-21-17-16-19-27-69(77)130-92-87(131-74-43-52(3)61(50-125-74)44-53(4)105)82(115)80(56(7)128-92)103-133-75-47-67(108)88(58(9)127-75)135-90(118)76-54(5)78(97)85(55(6)84(76)123-13)132-91-83(116)86(124-14)81(114)57(8)129-91/h16-17,29-34,36,51-52,56-58,60-61,67,69,74-75,79-83,86-88,91-92,103,108,114-116,121H,15,18,20,22-26,28,35,38-50H2,1-14H3,(H,100,120)(H,101,117)(H,102,110)(H3,98,99,119)/b17-16-,65-36+/t51?,52?,56?,57?,58?,60-,61?,67?,69+,74?,75?,79+,80?,81?,82?,83?,86?,87?,88?,91?,92?,96+/m1/s1. The van der Waals surface area contributed by atoms with E-state index < -0.39 is 168 Å². The summed E-state index contributed by atoms with van der Waals surface area (Å²) in [5, 5.41) is 68.8. The highest BCUT2D eigenvalue weighted by atomic mass is 127. The summed E-state index contributed by atoms with van der Waals surface area (Å²) in [5.41, 5.74) is 8.05. The molecule has 5 aliphatic heterocycles. The highest BCUT2D eigenvalue weighted by Crippen LogP contribution is 2.47. The molecule has 748 valence electrons. The van der Waals surface area contributed by atoms with Gasteiger partial charge in [-0.05, 0) is 170 Å². The summed E-state index contributed by atoms with van der Waals surface area (Å²) in [4.78, 5) is 165. The molecule has 4 saturated heterocycles. The second kappa shape index (κ2) is 52.9. The zero-order valence-electron chi connectivity index (χ0n) is 79.2. The SMILES string of the molecule is CCC(C)[C@H](NC(=O)CCCCCN1C(=O)C=CC1=O)C(=O)C[C@@H](CCCNC(N)=O)C(=O)Nc1ccc(COC(=O)NCCCC(=O)CCC(C)(C)SSC/C=C2\C3=C(CC(=O)OC)C(=O)C[C@@]2(O)C#C/C=C\C#C[C@@H]3OC2OC(C)C(NOC3CC(O)C(SC(=O)c4c(C)c(I)c(OC5OC(C)C(O)C(OC)C5O)c(C)c4OC)C(C)O3)C(O)C2OC2CC(C)C(CC(C)=O)CO2)cc1. The second-order valence-electron chi connectivity index (χ2n) is 35.8. The molecule has 2 bridgehead atoms. The van der Waals surface area contributed by atoms with E-state index in [0.717, 1.165) is 23.8 Å². The molecule has 7 aliphatic rings. The van der Waals surface area contributed by atoms with Crippen molar-refractivity contribution in [1.82, 2.24) is 26.3 Å². The van der Waals surface area contributed by atoms with Gasteiger partial charge in [-0.3, -0.25) is 52.9 Å². The Morgan fingerprint density at radius 2 is 1.51 bits per heavy atom. The maximum atomic E-state index is 14.6. The number of imide groups is 1. The molecule has 0 spiro atoms. The average molecular weight is 2070 g/mol. The van der Waals surface area contributed by atoms with Crippen LogP contribution in [-0.4, -0.2) is 268 Å². The number of aliphatic hydroxyl groups excluding tert-OH is 4. The van der Waals surface area contributed by atoms with Gasteiger partial charge in [0.15, 0.2) is 36.0 Å². The molecule has 0 aromatic heterocycles. The Kier molecular flexibility index (Phi) is 43.3. The second-order valence-corrected chi connectivity index (χ2v) is 41.0. The molecule has 9 rings (SSSR count). The summed E-state index contributed by atoms with van der Waals surface area (Å²) in [6.45, 7) is 19.9.